The fourth-order valence-electron chi connectivity index (χ4n) is 5.59. The van der Waals surface area contributed by atoms with E-state index in [9.17, 15) is 24.3 Å². The minimum atomic E-state index is -1.64. The van der Waals surface area contributed by atoms with Crippen LogP contribution in [-0.2, 0) is 33.8 Å². The van der Waals surface area contributed by atoms with Crippen LogP contribution in [0.15, 0.2) is 72.8 Å². The van der Waals surface area contributed by atoms with Gasteiger partial charge in [-0.1, -0.05) is 67.6 Å². The number of aryl methyl sites for hydroxylation is 1. The van der Waals surface area contributed by atoms with Crippen molar-refractivity contribution >= 4 is 35.5 Å². The maximum Gasteiger partial charge on any atom is 0.308 e. The summed E-state index contributed by atoms with van der Waals surface area (Å²) in [5.74, 6) is -1.49. The van der Waals surface area contributed by atoms with Gasteiger partial charge >= 0.3 is 5.97 Å². The number of benzene rings is 3. The van der Waals surface area contributed by atoms with Crippen molar-refractivity contribution in [1.82, 2.24) is 15.5 Å². The summed E-state index contributed by atoms with van der Waals surface area (Å²) in [5, 5.41) is 17.4. The van der Waals surface area contributed by atoms with Crippen molar-refractivity contribution in [2.24, 2.45) is 0 Å². The number of thioether (sulfide) groups is 1. The molecular formula is C35H41N3O6S. The molecule has 0 radical (unpaired) electrons. The highest BCUT2D eigenvalue weighted by atomic mass is 32.2. The van der Waals surface area contributed by atoms with E-state index >= 15 is 0 Å². The van der Waals surface area contributed by atoms with Crippen LogP contribution in [-0.4, -0.2) is 62.5 Å². The third-order valence-electron chi connectivity index (χ3n) is 8.03. The fourth-order valence-corrected chi connectivity index (χ4v) is 6.73. The van der Waals surface area contributed by atoms with E-state index in [1.54, 1.807) is 18.2 Å². The quantitative estimate of drug-likeness (QED) is 0.214. The van der Waals surface area contributed by atoms with Crippen molar-refractivity contribution in [1.29, 1.82) is 0 Å². The Labute approximate surface area is 268 Å². The molecule has 3 atom stereocenters. The highest BCUT2D eigenvalue weighted by molar-refractivity contribution is 8.00. The van der Waals surface area contributed by atoms with E-state index in [2.05, 4.69) is 10.6 Å². The second kappa shape index (κ2) is 14.8. The SMILES string of the molecule is CCc1c(OC(C)=O)cccc1C(=O)N[C@@H](Cc1ccccc1)[C@H](O)C(=O)N1CSC(C)(C)[C@H]1C(=O)NCc1ccccc1C. The van der Waals surface area contributed by atoms with E-state index in [1.165, 1.54) is 23.6 Å². The molecule has 1 aliphatic heterocycles. The first-order chi connectivity index (χ1) is 21.4. The number of esters is 1. The lowest BCUT2D eigenvalue weighted by Gasteiger charge is -2.33. The molecule has 1 aliphatic rings. The van der Waals surface area contributed by atoms with Crippen LogP contribution >= 0.6 is 11.8 Å². The van der Waals surface area contributed by atoms with E-state index in [0.717, 1.165) is 16.7 Å². The first kappa shape index (κ1) is 33.7. The zero-order chi connectivity index (χ0) is 32.7. The fraction of sp³-hybridized carbons (Fsp3) is 0.371. The number of hydrogen-bond donors (Lipinski definition) is 3. The summed E-state index contributed by atoms with van der Waals surface area (Å²) in [7, 11) is 0. The van der Waals surface area contributed by atoms with E-state index in [0.29, 0.717) is 18.5 Å². The number of carbonyl (C=O) groups excluding carboxylic acids is 4. The van der Waals surface area contributed by atoms with Gasteiger partial charge in [0.1, 0.15) is 11.8 Å². The second-order valence-electron chi connectivity index (χ2n) is 11.7. The first-order valence-corrected chi connectivity index (χ1v) is 16.0. The lowest BCUT2D eigenvalue weighted by atomic mass is 9.96. The minimum absolute atomic E-state index is 0.166. The number of hydrogen-bond acceptors (Lipinski definition) is 7. The molecule has 1 heterocycles. The number of carbonyl (C=O) groups is 4. The summed E-state index contributed by atoms with van der Waals surface area (Å²) in [6, 6.07) is 20.0. The van der Waals surface area contributed by atoms with Crippen LogP contribution in [0.3, 0.4) is 0 Å². The van der Waals surface area contributed by atoms with Crippen molar-refractivity contribution in [2.75, 3.05) is 5.88 Å². The molecule has 45 heavy (non-hydrogen) atoms. The molecule has 0 aromatic heterocycles. The monoisotopic (exact) mass is 631 g/mol. The molecule has 9 nitrogen and oxygen atoms in total. The molecule has 3 aromatic carbocycles. The molecule has 4 rings (SSSR count). The number of aliphatic hydroxyl groups is 1. The van der Waals surface area contributed by atoms with Gasteiger partial charge < -0.3 is 25.4 Å². The van der Waals surface area contributed by atoms with E-state index < -0.39 is 40.7 Å². The Bertz CT molecular complexity index is 1540. The largest absolute Gasteiger partial charge is 0.426 e. The highest BCUT2D eigenvalue weighted by Crippen LogP contribution is 2.40. The average Bonchev–Trinajstić information content (AvgIpc) is 3.34. The van der Waals surface area contributed by atoms with Gasteiger partial charge in [-0.25, -0.2) is 0 Å². The van der Waals surface area contributed by atoms with Gasteiger partial charge in [-0.3, -0.25) is 19.2 Å². The molecule has 1 saturated heterocycles. The molecule has 0 aliphatic carbocycles. The second-order valence-corrected chi connectivity index (χ2v) is 13.3. The Balaban J connectivity index is 1.59. The summed E-state index contributed by atoms with van der Waals surface area (Å²) in [4.78, 5) is 54.3. The molecule has 3 amide bonds. The predicted molar refractivity (Wildman–Crippen MR) is 175 cm³/mol. The lowest BCUT2D eigenvalue weighted by molar-refractivity contribution is -0.147. The molecule has 0 bridgehead atoms. The lowest BCUT2D eigenvalue weighted by Crippen LogP contribution is -2.58. The van der Waals surface area contributed by atoms with Crippen molar-refractivity contribution in [3.63, 3.8) is 0 Å². The van der Waals surface area contributed by atoms with E-state index in [4.69, 9.17) is 4.74 Å². The molecule has 1 fully saturated rings. The highest BCUT2D eigenvalue weighted by Gasteiger charge is 2.49. The zero-order valence-electron chi connectivity index (χ0n) is 26.3. The third-order valence-corrected chi connectivity index (χ3v) is 9.40. The Hall–Kier alpha value is -4.15. The van der Waals surface area contributed by atoms with Crippen molar-refractivity contribution in [2.45, 2.75) is 76.9 Å². The maximum atomic E-state index is 14.0. The van der Waals surface area contributed by atoms with Gasteiger partial charge in [-0.05, 0) is 62.4 Å². The van der Waals surface area contributed by atoms with Crippen LogP contribution in [0.5, 0.6) is 5.75 Å². The Morgan fingerprint density at radius 2 is 1.71 bits per heavy atom. The summed E-state index contributed by atoms with van der Waals surface area (Å²) >= 11 is 1.46. The van der Waals surface area contributed by atoms with Crippen LogP contribution in [0.2, 0.25) is 0 Å². The van der Waals surface area contributed by atoms with Crippen LogP contribution in [0, 0.1) is 6.92 Å². The zero-order valence-corrected chi connectivity index (χ0v) is 27.1. The van der Waals surface area contributed by atoms with Crippen molar-refractivity contribution in [3.05, 3.63) is 101 Å². The van der Waals surface area contributed by atoms with Crippen molar-refractivity contribution < 1.29 is 29.0 Å². The summed E-state index contributed by atoms with van der Waals surface area (Å²) < 4.78 is 4.71. The molecular weight excluding hydrogens is 590 g/mol. The van der Waals surface area contributed by atoms with Gasteiger partial charge in [0, 0.05) is 29.3 Å². The topological polar surface area (TPSA) is 125 Å². The van der Waals surface area contributed by atoms with Crippen LogP contribution < -0.4 is 15.4 Å². The molecule has 3 aromatic rings. The number of amides is 3. The summed E-state index contributed by atoms with van der Waals surface area (Å²) in [5.41, 5.74) is 3.64. The first-order valence-electron chi connectivity index (χ1n) is 15.0. The van der Waals surface area contributed by atoms with E-state index in [1.807, 2.05) is 82.3 Å². The maximum absolute atomic E-state index is 14.0. The number of nitrogens with one attached hydrogen (secondary N) is 2. The van der Waals surface area contributed by atoms with Gasteiger partial charge in [-0.15, -0.1) is 11.8 Å². The summed E-state index contributed by atoms with van der Waals surface area (Å²) in [6.07, 6.45) is -1.06. The average molecular weight is 632 g/mol. The van der Waals surface area contributed by atoms with Crippen LogP contribution in [0.1, 0.15) is 60.3 Å². The Morgan fingerprint density at radius 3 is 2.38 bits per heavy atom. The van der Waals surface area contributed by atoms with Gasteiger partial charge in [0.2, 0.25) is 5.91 Å². The number of aliphatic hydroxyl groups excluding tert-OH is 1. The van der Waals surface area contributed by atoms with Crippen LogP contribution in [0.25, 0.3) is 0 Å². The van der Waals surface area contributed by atoms with Gasteiger partial charge in [0.25, 0.3) is 11.8 Å². The molecule has 10 heteroatoms. The molecule has 238 valence electrons. The molecule has 0 unspecified atom stereocenters. The third kappa shape index (κ3) is 8.12. The van der Waals surface area contributed by atoms with Gasteiger partial charge in [-0.2, -0.15) is 0 Å². The number of nitrogens with zero attached hydrogens (tertiary/aromatic N) is 1. The minimum Gasteiger partial charge on any atom is -0.426 e. The molecule has 3 N–H and O–H groups in total. The number of ether oxygens (including phenoxy) is 1. The standard InChI is InChI=1S/C35H41N3O6S/c1-6-26-27(17-12-18-29(26)44-23(3)39)32(41)37-28(19-24-14-8-7-9-15-24)30(40)34(43)38-21-45-35(4,5)31(38)33(42)36-20-25-16-11-10-13-22(25)2/h7-18,28,30-31,40H,6,19-21H2,1-5H3,(H,36,42)(H,37,41)/t28-,30-,31+/m0/s1. The van der Waals surface area contributed by atoms with Gasteiger partial charge in [0.15, 0.2) is 6.10 Å². The smallest absolute Gasteiger partial charge is 0.308 e. The molecule has 0 saturated carbocycles. The Morgan fingerprint density at radius 1 is 1.02 bits per heavy atom. The Kier molecular flexibility index (Phi) is 11.1. The van der Waals surface area contributed by atoms with Crippen LogP contribution in [0.4, 0.5) is 0 Å². The normalized spacial score (nSPS) is 16.8. The molecule has 0 spiro atoms. The van der Waals surface area contributed by atoms with Gasteiger partial charge in [0.05, 0.1) is 11.9 Å². The summed E-state index contributed by atoms with van der Waals surface area (Å²) in [6.45, 7) is 9.22. The predicted octanol–water partition coefficient (Wildman–Crippen LogP) is 4.18. The number of rotatable bonds is 11. The van der Waals surface area contributed by atoms with Crippen molar-refractivity contribution in [3.8, 4) is 5.75 Å². The van der Waals surface area contributed by atoms with E-state index in [-0.39, 0.29) is 29.5 Å².